The number of hydrogen-bond donors (Lipinski definition) is 2. The number of nitrogens with zero attached hydrogens (tertiary/aromatic N) is 1. The van der Waals surface area contributed by atoms with Crippen LogP contribution < -0.4 is 10.0 Å². The summed E-state index contributed by atoms with van der Waals surface area (Å²) in [5, 5.41) is 2.89. The van der Waals surface area contributed by atoms with Crippen molar-refractivity contribution in [1.82, 2.24) is 14.9 Å². The molecule has 1 aliphatic heterocycles. The Hall–Kier alpha value is -1.44. The molecule has 2 N–H and O–H groups in total. The molecule has 0 radical (unpaired) electrons. The summed E-state index contributed by atoms with van der Waals surface area (Å²) >= 11 is 0. The highest BCUT2D eigenvalue weighted by molar-refractivity contribution is 7.89. The first kappa shape index (κ1) is 23.8. The van der Waals surface area contributed by atoms with Gasteiger partial charge in [-0.05, 0) is 63.1 Å². The van der Waals surface area contributed by atoms with Gasteiger partial charge in [-0.1, -0.05) is 31.5 Å². The maximum atomic E-state index is 12.4. The first-order valence-corrected chi connectivity index (χ1v) is 12.2. The maximum absolute atomic E-state index is 12.4. The van der Waals surface area contributed by atoms with Crippen molar-refractivity contribution in [3.63, 3.8) is 0 Å². The number of piperidine rings is 1. The summed E-state index contributed by atoms with van der Waals surface area (Å²) in [6, 6.07) is 5.23. The second kappa shape index (κ2) is 11.1. The van der Waals surface area contributed by atoms with Crippen LogP contribution >= 0.6 is 0 Å². The van der Waals surface area contributed by atoms with Gasteiger partial charge >= 0.3 is 0 Å². The molecule has 29 heavy (non-hydrogen) atoms. The van der Waals surface area contributed by atoms with Crippen molar-refractivity contribution in [2.24, 2.45) is 11.8 Å². The predicted molar refractivity (Wildman–Crippen MR) is 117 cm³/mol. The zero-order valence-electron chi connectivity index (χ0n) is 18.3. The van der Waals surface area contributed by atoms with Crippen molar-refractivity contribution in [1.29, 1.82) is 0 Å². The highest BCUT2D eigenvalue weighted by Gasteiger charge is 2.21. The zero-order chi connectivity index (χ0) is 21.4. The zero-order valence-corrected chi connectivity index (χ0v) is 19.1. The number of hydrogen-bond acceptors (Lipinski definition) is 4. The SMILES string of the molecule is Cc1ccc(S(=O)(=O)NCCC(=O)NCCCCN2CC(C)CC(C)C2)c(C)c1. The molecule has 1 fully saturated rings. The molecular weight excluding hydrogens is 386 g/mol. The molecule has 7 heteroatoms. The average Bonchev–Trinajstić information content (AvgIpc) is 2.60. The first-order valence-electron chi connectivity index (χ1n) is 10.7. The Morgan fingerprint density at radius 2 is 1.79 bits per heavy atom. The van der Waals surface area contributed by atoms with E-state index in [-0.39, 0.29) is 23.8 Å². The van der Waals surface area contributed by atoms with E-state index in [1.54, 1.807) is 19.1 Å². The topological polar surface area (TPSA) is 78.5 Å². The van der Waals surface area contributed by atoms with Crippen molar-refractivity contribution in [2.75, 3.05) is 32.7 Å². The number of sulfonamides is 1. The molecule has 2 unspecified atom stereocenters. The highest BCUT2D eigenvalue weighted by Crippen LogP contribution is 2.21. The van der Waals surface area contributed by atoms with Crippen LogP contribution in [-0.4, -0.2) is 51.9 Å². The normalized spacial score (nSPS) is 20.6. The number of unbranched alkanes of at least 4 members (excludes halogenated alkanes) is 1. The van der Waals surface area contributed by atoms with Gasteiger partial charge in [0.1, 0.15) is 0 Å². The minimum absolute atomic E-state index is 0.102. The van der Waals surface area contributed by atoms with Crippen molar-refractivity contribution >= 4 is 15.9 Å². The molecule has 1 aromatic rings. The molecule has 0 aromatic heterocycles. The van der Waals surface area contributed by atoms with Crippen LogP contribution in [0, 0.1) is 25.7 Å². The number of nitrogens with one attached hydrogen (secondary N) is 2. The van der Waals surface area contributed by atoms with Gasteiger partial charge in [-0.15, -0.1) is 0 Å². The van der Waals surface area contributed by atoms with Crippen LogP contribution in [0.5, 0.6) is 0 Å². The van der Waals surface area contributed by atoms with Crippen molar-refractivity contribution in [3.05, 3.63) is 29.3 Å². The molecule has 1 heterocycles. The maximum Gasteiger partial charge on any atom is 0.240 e. The fourth-order valence-electron chi connectivity index (χ4n) is 4.23. The minimum Gasteiger partial charge on any atom is -0.356 e. The number of carbonyl (C=O) groups is 1. The molecule has 164 valence electrons. The average molecular weight is 424 g/mol. The van der Waals surface area contributed by atoms with Gasteiger partial charge in [-0.25, -0.2) is 13.1 Å². The fourth-order valence-corrected chi connectivity index (χ4v) is 5.49. The van der Waals surface area contributed by atoms with E-state index in [9.17, 15) is 13.2 Å². The summed E-state index contributed by atoms with van der Waals surface area (Å²) in [7, 11) is -3.59. The van der Waals surface area contributed by atoms with Crippen molar-refractivity contribution < 1.29 is 13.2 Å². The lowest BCUT2D eigenvalue weighted by atomic mass is 9.92. The second-order valence-corrected chi connectivity index (χ2v) is 10.4. The summed E-state index contributed by atoms with van der Waals surface area (Å²) in [5.41, 5.74) is 1.73. The number of carbonyl (C=O) groups excluding carboxylic acids is 1. The molecule has 1 saturated heterocycles. The third kappa shape index (κ3) is 8.07. The third-order valence-electron chi connectivity index (χ3n) is 5.43. The van der Waals surface area contributed by atoms with E-state index < -0.39 is 10.0 Å². The third-order valence-corrected chi connectivity index (χ3v) is 7.05. The molecule has 0 bridgehead atoms. The summed E-state index contributed by atoms with van der Waals surface area (Å²) in [5.74, 6) is 1.42. The Morgan fingerprint density at radius 3 is 2.45 bits per heavy atom. The molecule has 1 aliphatic rings. The van der Waals surface area contributed by atoms with Crippen LogP contribution in [0.4, 0.5) is 0 Å². The monoisotopic (exact) mass is 423 g/mol. The predicted octanol–water partition coefficient (Wildman–Crippen LogP) is 2.85. The number of amides is 1. The van der Waals surface area contributed by atoms with Gasteiger partial charge < -0.3 is 10.2 Å². The van der Waals surface area contributed by atoms with Crippen LogP contribution in [0.3, 0.4) is 0 Å². The Bertz CT molecular complexity index is 770. The van der Waals surface area contributed by atoms with Gasteiger partial charge in [-0.3, -0.25) is 4.79 Å². The van der Waals surface area contributed by atoms with Gasteiger partial charge in [0.25, 0.3) is 0 Å². The fraction of sp³-hybridized carbons (Fsp3) is 0.682. The highest BCUT2D eigenvalue weighted by atomic mass is 32.2. The van der Waals surface area contributed by atoms with E-state index in [1.807, 2.05) is 13.0 Å². The van der Waals surface area contributed by atoms with Crippen LogP contribution in [0.15, 0.2) is 23.1 Å². The lowest BCUT2D eigenvalue weighted by molar-refractivity contribution is -0.120. The molecule has 1 amide bonds. The van der Waals surface area contributed by atoms with Gasteiger partial charge in [0.2, 0.25) is 15.9 Å². The lowest BCUT2D eigenvalue weighted by Gasteiger charge is -2.34. The van der Waals surface area contributed by atoms with Crippen LogP contribution in [-0.2, 0) is 14.8 Å². The summed E-state index contributed by atoms with van der Waals surface area (Å²) in [6.07, 6.45) is 3.48. The standard InChI is InChI=1S/C22H37N3O3S/c1-17-7-8-21(20(4)14-17)29(27,28)24-11-9-22(26)23-10-5-6-12-25-15-18(2)13-19(3)16-25/h7-8,14,18-19,24H,5-6,9-13,15-16H2,1-4H3,(H,23,26). The van der Waals surface area contributed by atoms with E-state index in [0.29, 0.717) is 12.1 Å². The number of benzene rings is 1. The van der Waals surface area contributed by atoms with E-state index in [4.69, 9.17) is 0 Å². The van der Waals surface area contributed by atoms with Crippen LogP contribution in [0.2, 0.25) is 0 Å². The van der Waals surface area contributed by atoms with Crippen molar-refractivity contribution in [3.8, 4) is 0 Å². The Labute approximate surface area is 176 Å². The van der Waals surface area contributed by atoms with Crippen LogP contribution in [0.1, 0.15) is 50.7 Å². The molecule has 2 rings (SSSR count). The van der Waals surface area contributed by atoms with Crippen molar-refractivity contribution in [2.45, 2.75) is 58.3 Å². The first-order chi connectivity index (χ1) is 13.7. The van der Waals surface area contributed by atoms with Gasteiger partial charge in [-0.2, -0.15) is 0 Å². The summed E-state index contributed by atoms with van der Waals surface area (Å²) in [6.45, 7) is 12.5. The van der Waals surface area contributed by atoms with Gasteiger partial charge in [0.05, 0.1) is 4.90 Å². The van der Waals surface area contributed by atoms with Crippen LogP contribution in [0.25, 0.3) is 0 Å². The molecule has 1 aromatic carbocycles. The minimum atomic E-state index is -3.59. The molecule has 0 spiro atoms. The summed E-state index contributed by atoms with van der Waals surface area (Å²) < 4.78 is 27.3. The quantitative estimate of drug-likeness (QED) is 0.567. The van der Waals surface area contributed by atoms with E-state index in [2.05, 4.69) is 28.8 Å². The number of rotatable bonds is 10. The molecule has 0 saturated carbocycles. The number of likely N-dealkylation sites (tertiary alicyclic amines) is 1. The Kier molecular flexibility index (Phi) is 9.11. The van der Waals surface area contributed by atoms with E-state index >= 15 is 0 Å². The molecular formula is C22H37N3O3S. The van der Waals surface area contributed by atoms with Gasteiger partial charge in [0.15, 0.2) is 0 Å². The largest absolute Gasteiger partial charge is 0.356 e. The molecule has 0 aliphatic carbocycles. The van der Waals surface area contributed by atoms with Gasteiger partial charge in [0, 0.05) is 32.6 Å². The lowest BCUT2D eigenvalue weighted by Crippen LogP contribution is -2.39. The Balaban J connectivity index is 1.61. The number of aryl methyl sites for hydroxylation is 2. The smallest absolute Gasteiger partial charge is 0.240 e. The Morgan fingerprint density at radius 1 is 1.10 bits per heavy atom. The summed E-state index contributed by atoms with van der Waals surface area (Å²) in [4.78, 5) is 14.8. The molecule has 2 atom stereocenters. The second-order valence-electron chi connectivity index (χ2n) is 8.68. The molecule has 6 nitrogen and oxygen atoms in total. The van der Waals surface area contributed by atoms with E-state index in [1.165, 1.54) is 19.5 Å². The van der Waals surface area contributed by atoms with E-state index in [0.717, 1.165) is 36.8 Å².